The van der Waals surface area contributed by atoms with E-state index in [2.05, 4.69) is 32.3 Å². The number of piperidine rings is 1. The number of aromatic nitrogens is 1. The van der Waals surface area contributed by atoms with Gasteiger partial charge in [0.25, 0.3) is 0 Å². The molecule has 0 amide bonds. The van der Waals surface area contributed by atoms with Crippen LogP contribution in [0.1, 0.15) is 37.7 Å². The zero-order valence-electron chi connectivity index (χ0n) is 13.4. The monoisotopic (exact) mass is 382 g/mol. The van der Waals surface area contributed by atoms with Crippen molar-refractivity contribution in [2.75, 3.05) is 26.8 Å². The number of carbonyl (C=O) groups excluding carboxylic acids is 1. The minimum absolute atomic E-state index is 0.0130. The fourth-order valence-corrected chi connectivity index (χ4v) is 4.22. The lowest BCUT2D eigenvalue weighted by atomic mass is 9.75. The largest absolute Gasteiger partial charge is 0.467 e. The van der Waals surface area contributed by atoms with Gasteiger partial charge in [-0.2, -0.15) is 0 Å². The van der Waals surface area contributed by atoms with E-state index in [9.17, 15) is 4.79 Å². The highest BCUT2D eigenvalue weighted by Gasteiger charge is 2.50. The maximum absolute atomic E-state index is 11.6. The van der Waals surface area contributed by atoms with Crippen molar-refractivity contribution in [3.63, 3.8) is 0 Å². The van der Waals surface area contributed by atoms with Gasteiger partial charge in [0.1, 0.15) is 11.2 Å². The molecule has 1 N–H and O–H groups in total. The molecule has 0 aromatic carbocycles. The summed E-state index contributed by atoms with van der Waals surface area (Å²) in [4.78, 5) is 15.9. The number of nitrogens with zero attached hydrogens (tertiary/aromatic N) is 1. The summed E-state index contributed by atoms with van der Waals surface area (Å²) in [5.74, 6) is -0.333. The summed E-state index contributed by atoms with van der Waals surface area (Å²) in [5, 5.41) is 3.44. The van der Waals surface area contributed by atoms with Crippen molar-refractivity contribution in [3.8, 4) is 0 Å². The summed E-state index contributed by atoms with van der Waals surface area (Å²) < 4.78 is 11.7. The van der Waals surface area contributed by atoms with E-state index in [1.807, 2.05) is 12.3 Å². The average Bonchev–Trinajstić information content (AvgIpc) is 2.93. The SMILES string of the molecule is COC(=O)COC1(c2ccc(Br)nc2)CCC2(CCNCC2)C1. The van der Waals surface area contributed by atoms with Crippen LogP contribution in [-0.2, 0) is 19.9 Å². The molecule has 1 aliphatic carbocycles. The van der Waals surface area contributed by atoms with Crippen molar-refractivity contribution in [1.29, 1.82) is 0 Å². The summed E-state index contributed by atoms with van der Waals surface area (Å²) in [5.41, 5.74) is 0.938. The van der Waals surface area contributed by atoms with Crippen LogP contribution < -0.4 is 5.32 Å². The third-order valence-electron chi connectivity index (χ3n) is 5.33. The van der Waals surface area contributed by atoms with Gasteiger partial charge in [0.05, 0.1) is 12.7 Å². The van der Waals surface area contributed by atoms with Gasteiger partial charge >= 0.3 is 5.97 Å². The summed E-state index contributed by atoms with van der Waals surface area (Å²) in [6, 6.07) is 3.99. The van der Waals surface area contributed by atoms with Gasteiger partial charge in [-0.3, -0.25) is 0 Å². The van der Waals surface area contributed by atoms with Crippen molar-refractivity contribution in [2.24, 2.45) is 5.41 Å². The van der Waals surface area contributed by atoms with Crippen molar-refractivity contribution in [1.82, 2.24) is 10.3 Å². The molecule has 5 nitrogen and oxygen atoms in total. The third-order valence-corrected chi connectivity index (χ3v) is 5.80. The summed E-state index contributed by atoms with van der Waals surface area (Å²) in [6.07, 6.45) is 7.20. The Hall–Kier alpha value is -0.980. The molecule has 3 rings (SSSR count). The Kier molecular flexibility index (Phi) is 5.04. The molecule has 1 spiro atoms. The van der Waals surface area contributed by atoms with E-state index < -0.39 is 5.60 Å². The highest BCUT2D eigenvalue weighted by Crippen LogP contribution is 2.55. The molecule has 1 unspecified atom stereocenters. The summed E-state index contributed by atoms with van der Waals surface area (Å²) in [6.45, 7) is 2.11. The van der Waals surface area contributed by atoms with Crippen LogP contribution in [0.15, 0.2) is 22.9 Å². The molecule has 1 aromatic rings. The number of methoxy groups -OCH3 is 1. The predicted octanol–water partition coefficient (Wildman–Crippen LogP) is 2.78. The van der Waals surface area contributed by atoms with Gasteiger partial charge < -0.3 is 14.8 Å². The van der Waals surface area contributed by atoms with E-state index in [0.29, 0.717) is 5.41 Å². The lowest BCUT2D eigenvalue weighted by molar-refractivity contribution is -0.154. The lowest BCUT2D eigenvalue weighted by Crippen LogP contribution is -2.38. The quantitative estimate of drug-likeness (QED) is 0.640. The van der Waals surface area contributed by atoms with Crippen LogP contribution >= 0.6 is 15.9 Å². The van der Waals surface area contributed by atoms with Gasteiger partial charge in [-0.1, -0.05) is 6.07 Å². The molecule has 2 heterocycles. The van der Waals surface area contributed by atoms with Crippen molar-refractivity contribution >= 4 is 21.9 Å². The van der Waals surface area contributed by atoms with Crippen LogP contribution in [0.4, 0.5) is 0 Å². The van der Waals surface area contributed by atoms with Crippen LogP contribution in [0.5, 0.6) is 0 Å². The molecule has 2 fully saturated rings. The number of nitrogens with one attached hydrogen (secondary N) is 1. The van der Waals surface area contributed by atoms with E-state index in [0.717, 1.165) is 42.5 Å². The number of hydrogen-bond acceptors (Lipinski definition) is 5. The van der Waals surface area contributed by atoms with E-state index in [1.54, 1.807) is 0 Å². The second-order valence-electron chi connectivity index (χ2n) is 6.66. The van der Waals surface area contributed by atoms with Gasteiger partial charge in [-0.15, -0.1) is 0 Å². The maximum atomic E-state index is 11.6. The standard InChI is InChI=1S/C17H23BrN2O3/c1-22-15(21)11-23-17(13-2-3-14(18)20-10-13)5-4-16(12-17)6-8-19-9-7-16/h2-3,10,19H,4-9,11-12H2,1H3. The molecule has 1 aliphatic heterocycles. The first-order chi connectivity index (χ1) is 11.1. The molecule has 6 heteroatoms. The van der Waals surface area contributed by atoms with Crippen molar-refractivity contribution < 1.29 is 14.3 Å². The maximum Gasteiger partial charge on any atom is 0.331 e. The Morgan fingerprint density at radius 1 is 1.30 bits per heavy atom. The number of pyridine rings is 1. The normalized spacial score (nSPS) is 26.3. The molecular weight excluding hydrogens is 360 g/mol. The number of halogens is 1. The molecular formula is C17H23BrN2O3. The number of hydrogen-bond donors (Lipinski definition) is 1. The second kappa shape index (κ2) is 6.87. The minimum atomic E-state index is -0.431. The summed E-state index contributed by atoms with van der Waals surface area (Å²) >= 11 is 3.38. The molecule has 1 saturated heterocycles. The Bertz CT molecular complexity index is 557. The molecule has 2 aliphatic rings. The lowest BCUT2D eigenvalue weighted by Gasteiger charge is -2.37. The van der Waals surface area contributed by atoms with Crippen LogP contribution in [-0.4, -0.2) is 37.8 Å². The number of esters is 1. The van der Waals surface area contributed by atoms with E-state index >= 15 is 0 Å². The van der Waals surface area contributed by atoms with E-state index in [4.69, 9.17) is 9.47 Å². The first kappa shape index (κ1) is 16.9. The van der Waals surface area contributed by atoms with Crippen LogP contribution in [0.2, 0.25) is 0 Å². The Morgan fingerprint density at radius 2 is 2.09 bits per heavy atom. The van der Waals surface area contributed by atoms with Crippen molar-refractivity contribution in [2.45, 2.75) is 37.7 Å². The predicted molar refractivity (Wildman–Crippen MR) is 90.0 cm³/mol. The first-order valence-electron chi connectivity index (χ1n) is 8.11. The van der Waals surface area contributed by atoms with Gasteiger partial charge in [-0.05, 0) is 72.6 Å². The Balaban J connectivity index is 1.85. The van der Waals surface area contributed by atoms with Crippen LogP contribution in [0, 0.1) is 5.41 Å². The molecule has 23 heavy (non-hydrogen) atoms. The molecule has 0 bridgehead atoms. The van der Waals surface area contributed by atoms with Gasteiger partial charge in [-0.25, -0.2) is 9.78 Å². The summed E-state index contributed by atoms with van der Waals surface area (Å²) in [7, 11) is 1.39. The minimum Gasteiger partial charge on any atom is -0.467 e. The zero-order chi connectivity index (χ0) is 16.3. The number of carbonyl (C=O) groups is 1. The highest BCUT2D eigenvalue weighted by molar-refractivity contribution is 9.10. The molecule has 126 valence electrons. The fourth-order valence-electron chi connectivity index (χ4n) is 3.99. The van der Waals surface area contributed by atoms with Crippen molar-refractivity contribution in [3.05, 3.63) is 28.5 Å². The van der Waals surface area contributed by atoms with Gasteiger partial charge in [0.15, 0.2) is 0 Å². The molecule has 1 aromatic heterocycles. The molecule has 1 atom stereocenters. The molecule has 1 saturated carbocycles. The van der Waals surface area contributed by atoms with E-state index in [1.165, 1.54) is 20.0 Å². The van der Waals surface area contributed by atoms with Gasteiger partial charge in [0, 0.05) is 11.8 Å². The topological polar surface area (TPSA) is 60.5 Å². The first-order valence-corrected chi connectivity index (χ1v) is 8.90. The van der Waals surface area contributed by atoms with E-state index in [-0.39, 0.29) is 12.6 Å². The zero-order valence-corrected chi connectivity index (χ0v) is 15.0. The fraction of sp³-hybridized carbons (Fsp3) is 0.647. The third kappa shape index (κ3) is 3.59. The van der Waals surface area contributed by atoms with Crippen LogP contribution in [0.25, 0.3) is 0 Å². The smallest absolute Gasteiger partial charge is 0.331 e. The Morgan fingerprint density at radius 3 is 2.74 bits per heavy atom. The average molecular weight is 383 g/mol. The Labute approximate surface area is 145 Å². The number of rotatable bonds is 4. The highest BCUT2D eigenvalue weighted by atomic mass is 79.9. The number of ether oxygens (including phenoxy) is 2. The van der Waals surface area contributed by atoms with Crippen LogP contribution in [0.3, 0.4) is 0 Å². The molecule has 0 radical (unpaired) electrons. The van der Waals surface area contributed by atoms with Gasteiger partial charge in [0.2, 0.25) is 0 Å². The second-order valence-corrected chi connectivity index (χ2v) is 7.47.